The second-order valence-electron chi connectivity index (χ2n) is 4.90. The SMILES string of the molecule is FC(F)(F)c1cc2c(cc1I)c(Br)nn2C1CCCCO1. The molecule has 2 aromatic rings. The van der Waals surface area contributed by atoms with E-state index in [1.807, 2.05) is 0 Å². The summed E-state index contributed by atoms with van der Waals surface area (Å²) in [6, 6.07) is 2.67. The second kappa shape index (κ2) is 5.69. The Labute approximate surface area is 141 Å². The van der Waals surface area contributed by atoms with Crippen molar-refractivity contribution in [2.75, 3.05) is 6.61 Å². The quantitative estimate of drug-likeness (QED) is 0.536. The summed E-state index contributed by atoms with van der Waals surface area (Å²) in [4.78, 5) is 0. The first-order valence-corrected chi connectivity index (χ1v) is 8.31. The molecule has 1 fully saturated rings. The van der Waals surface area contributed by atoms with Crippen molar-refractivity contribution in [1.82, 2.24) is 9.78 Å². The van der Waals surface area contributed by atoms with Crippen molar-refractivity contribution in [1.29, 1.82) is 0 Å². The normalized spacial score (nSPS) is 20.1. The Morgan fingerprint density at radius 3 is 2.71 bits per heavy atom. The molecule has 114 valence electrons. The molecule has 3 rings (SSSR count). The van der Waals surface area contributed by atoms with Gasteiger partial charge in [-0.3, -0.25) is 0 Å². The number of nitrogens with zero attached hydrogens (tertiary/aromatic N) is 2. The maximum absolute atomic E-state index is 13.1. The molecule has 1 aromatic heterocycles. The van der Waals surface area contributed by atoms with Gasteiger partial charge in [-0.05, 0) is 69.9 Å². The van der Waals surface area contributed by atoms with Crippen LogP contribution in [-0.2, 0) is 10.9 Å². The zero-order valence-corrected chi connectivity index (χ0v) is 14.5. The lowest BCUT2D eigenvalue weighted by molar-refractivity contribution is -0.138. The largest absolute Gasteiger partial charge is 0.417 e. The molecule has 1 saturated heterocycles. The van der Waals surface area contributed by atoms with Crippen LogP contribution in [-0.4, -0.2) is 16.4 Å². The summed E-state index contributed by atoms with van der Waals surface area (Å²) in [5, 5.41) is 4.98. The molecule has 0 radical (unpaired) electrons. The molecule has 1 aromatic carbocycles. The zero-order chi connectivity index (χ0) is 15.2. The molecule has 2 heterocycles. The smallest absolute Gasteiger partial charge is 0.356 e. The summed E-state index contributed by atoms with van der Waals surface area (Å²) in [7, 11) is 0. The summed E-state index contributed by atoms with van der Waals surface area (Å²) >= 11 is 5.03. The van der Waals surface area contributed by atoms with Gasteiger partial charge in [0.2, 0.25) is 0 Å². The molecular weight excluding hydrogens is 464 g/mol. The third kappa shape index (κ3) is 2.94. The van der Waals surface area contributed by atoms with Crippen LogP contribution in [0.25, 0.3) is 10.9 Å². The molecule has 0 amide bonds. The predicted octanol–water partition coefficient (Wildman–Crippen LogP) is 5.12. The van der Waals surface area contributed by atoms with Gasteiger partial charge in [0, 0.05) is 15.6 Å². The third-order valence-corrected chi connectivity index (χ3v) is 4.96. The van der Waals surface area contributed by atoms with Gasteiger partial charge in [-0.1, -0.05) is 0 Å². The fourth-order valence-electron chi connectivity index (χ4n) is 2.47. The summed E-state index contributed by atoms with van der Waals surface area (Å²) in [5.74, 6) is 0. The van der Waals surface area contributed by atoms with E-state index in [1.54, 1.807) is 27.3 Å². The Kier molecular flexibility index (Phi) is 4.21. The van der Waals surface area contributed by atoms with E-state index < -0.39 is 11.7 Å². The highest BCUT2D eigenvalue weighted by Crippen LogP contribution is 2.38. The van der Waals surface area contributed by atoms with E-state index >= 15 is 0 Å². The fraction of sp³-hybridized carbons (Fsp3) is 0.462. The maximum Gasteiger partial charge on any atom is 0.417 e. The van der Waals surface area contributed by atoms with Crippen molar-refractivity contribution in [3.63, 3.8) is 0 Å². The van der Waals surface area contributed by atoms with E-state index in [0.29, 0.717) is 22.1 Å². The fourth-order valence-corrected chi connectivity index (χ4v) is 3.73. The molecule has 3 nitrogen and oxygen atoms in total. The van der Waals surface area contributed by atoms with E-state index in [9.17, 15) is 13.2 Å². The number of aromatic nitrogens is 2. The lowest BCUT2D eigenvalue weighted by Crippen LogP contribution is -2.19. The minimum Gasteiger partial charge on any atom is -0.356 e. The molecule has 0 spiro atoms. The van der Waals surface area contributed by atoms with Crippen LogP contribution >= 0.6 is 38.5 Å². The van der Waals surface area contributed by atoms with Crippen molar-refractivity contribution in [3.8, 4) is 0 Å². The van der Waals surface area contributed by atoms with Gasteiger partial charge in [-0.2, -0.15) is 18.3 Å². The van der Waals surface area contributed by atoms with Crippen LogP contribution in [0.3, 0.4) is 0 Å². The Morgan fingerprint density at radius 1 is 1.33 bits per heavy atom. The van der Waals surface area contributed by atoms with Gasteiger partial charge in [-0.15, -0.1) is 0 Å². The Bertz CT molecular complexity index is 680. The molecule has 0 saturated carbocycles. The first kappa shape index (κ1) is 15.5. The predicted molar refractivity (Wildman–Crippen MR) is 84.0 cm³/mol. The van der Waals surface area contributed by atoms with Gasteiger partial charge in [0.15, 0.2) is 6.23 Å². The van der Waals surface area contributed by atoms with Crippen molar-refractivity contribution in [2.45, 2.75) is 31.7 Å². The van der Waals surface area contributed by atoms with Gasteiger partial charge in [0.25, 0.3) is 0 Å². The Hall–Kier alpha value is -0.350. The van der Waals surface area contributed by atoms with Gasteiger partial charge in [0.05, 0.1) is 11.1 Å². The van der Waals surface area contributed by atoms with Crippen molar-refractivity contribution in [3.05, 3.63) is 25.9 Å². The lowest BCUT2D eigenvalue weighted by atomic mass is 10.1. The molecule has 8 heteroatoms. The Morgan fingerprint density at radius 2 is 2.10 bits per heavy atom. The topological polar surface area (TPSA) is 27.1 Å². The highest BCUT2D eigenvalue weighted by molar-refractivity contribution is 14.1. The van der Waals surface area contributed by atoms with E-state index in [4.69, 9.17) is 4.74 Å². The number of fused-ring (bicyclic) bond motifs is 1. The molecule has 1 aliphatic rings. The number of halogens is 5. The van der Waals surface area contributed by atoms with E-state index in [2.05, 4.69) is 21.0 Å². The average molecular weight is 475 g/mol. The molecule has 0 aliphatic carbocycles. The van der Waals surface area contributed by atoms with Gasteiger partial charge in [0.1, 0.15) is 4.60 Å². The van der Waals surface area contributed by atoms with Crippen LogP contribution in [0.1, 0.15) is 31.1 Å². The van der Waals surface area contributed by atoms with Gasteiger partial charge < -0.3 is 4.74 Å². The first-order chi connectivity index (χ1) is 9.88. The standard InChI is InChI=1S/C13H11BrF3IN2O/c14-12-7-5-9(18)8(13(15,16)17)6-10(7)20(19-12)11-3-1-2-4-21-11/h5-6,11H,1-4H2. The highest BCUT2D eigenvalue weighted by Gasteiger charge is 2.34. The number of alkyl halides is 3. The van der Waals surface area contributed by atoms with E-state index in [-0.39, 0.29) is 9.80 Å². The molecule has 0 N–H and O–H groups in total. The van der Waals surface area contributed by atoms with Crippen molar-refractivity contribution in [2.24, 2.45) is 0 Å². The van der Waals surface area contributed by atoms with Crippen molar-refractivity contribution >= 4 is 49.4 Å². The van der Waals surface area contributed by atoms with E-state index in [1.165, 1.54) is 6.07 Å². The van der Waals surface area contributed by atoms with E-state index in [0.717, 1.165) is 25.3 Å². The Balaban J connectivity index is 2.17. The minimum atomic E-state index is -4.38. The summed E-state index contributed by atoms with van der Waals surface area (Å²) in [6.07, 6.45) is -1.95. The second-order valence-corrected chi connectivity index (χ2v) is 6.82. The van der Waals surface area contributed by atoms with Crippen LogP contribution in [0.4, 0.5) is 13.2 Å². The molecule has 1 aliphatic heterocycles. The summed E-state index contributed by atoms with van der Waals surface area (Å²) < 4.78 is 47.1. The number of ether oxygens (including phenoxy) is 1. The molecule has 1 atom stereocenters. The molecule has 21 heavy (non-hydrogen) atoms. The zero-order valence-electron chi connectivity index (χ0n) is 10.8. The number of rotatable bonds is 1. The van der Waals surface area contributed by atoms with Crippen LogP contribution in [0.2, 0.25) is 0 Å². The van der Waals surface area contributed by atoms with Crippen LogP contribution in [0.5, 0.6) is 0 Å². The van der Waals surface area contributed by atoms with Crippen molar-refractivity contribution < 1.29 is 17.9 Å². The van der Waals surface area contributed by atoms with Gasteiger partial charge in [-0.25, -0.2) is 4.68 Å². The highest BCUT2D eigenvalue weighted by atomic mass is 127. The van der Waals surface area contributed by atoms with Crippen LogP contribution < -0.4 is 0 Å². The van der Waals surface area contributed by atoms with Gasteiger partial charge >= 0.3 is 6.18 Å². The lowest BCUT2D eigenvalue weighted by Gasteiger charge is -2.23. The molecule has 1 unspecified atom stereocenters. The summed E-state index contributed by atoms with van der Waals surface area (Å²) in [6.45, 7) is 0.611. The molecular formula is C13H11BrF3IN2O. The summed E-state index contributed by atoms with van der Waals surface area (Å²) in [5.41, 5.74) is -0.193. The monoisotopic (exact) mass is 474 g/mol. The molecule has 0 bridgehead atoms. The minimum absolute atomic E-state index is 0.164. The number of hydrogen-bond acceptors (Lipinski definition) is 2. The number of hydrogen-bond donors (Lipinski definition) is 0. The average Bonchev–Trinajstić information content (AvgIpc) is 2.75. The van der Waals surface area contributed by atoms with Crippen LogP contribution in [0, 0.1) is 3.57 Å². The third-order valence-electron chi connectivity index (χ3n) is 3.48. The first-order valence-electron chi connectivity index (χ1n) is 6.44. The number of benzene rings is 1. The van der Waals surface area contributed by atoms with Crippen LogP contribution in [0.15, 0.2) is 16.7 Å². The maximum atomic E-state index is 13.1.